The van der Waals surface area contributed by atoms with Gasteiger partial charge in [-0.2, -0.15) is 4.99 Å². The van der Waals surface area contributed by atoms with Crippen LogP contribution in [0.2, 0.25) is 15.1 Å². The van der Waals surface area contributed by atoms with E-state index in [4.69, 9.17) is 34.8 Å². The molecule has 0 radical (unpaired) electrons. The van der Waals surface area contributed by atoms with Crippen LogP contribution in [0.1, 0.15) is 5.56 Å². The maximum atomic E-state index is 12.6. The van der Waals surface area contributed by atoms with Crippen LogP contribution in [0.4, 0.5) is 5.69 Å². The highest BCUT2D eigenvalue weighted by molar-refractivity contribution is 8.16. The zero-order valence-corrected chi connectivity index (χ0v) is 18.8. The van der Waals surface area contributed by atoms with Crippen molar-refractivity contribution in [3.63, 3.8) is 0 Å². The average molecular weight is 490 g/mol. The molecule has 1 amide bonds. The number of halogens is 3. The number of nitrogens with zero attached hydrogens (tertiary/aromatic N) is 2. The zero-order valence-electron chi connectivity index (χ0n) is 14.9. The Morgan fingerprint density at radius 3 is 2.38 bits per heavy atom. The van der Waals surface area contributed by atoms with Crippen LogP contribution in [-0.2, 0) is 21.1 Å². The van der Waals surface area contributed by atoms with Gasteiger partial charge < -0.3 is 4.90 Å². The summed E-state index contributed by atoms with van der Waals surface area (Å²) in [6.45, 7) is 0. The molecule has 2 fully saturated rings. The van der Waals surface area contributed by atoms with Gasteiger partial charge in [0.15, 0.2) is 15.0 Å². The summed E-state index contributed by atoms with van der Waals surface area (Å²) in [5.41, 5.74) is 1.15. The third kappa shape index (κ3) is 4.30. The highest BCUT2D eigenvalue weighted by Crippen LogP contribution is 2.45. The summed E-state index contributed by atoms with van der Waals surface area (Å²) >= 11 is 20.2. The van der Waals surface area contributed by atoms with Crippen molar-refractivity contribution in [3.8, 4) is 0 Å². The Morgan fingerprint density at radius 2 is 1.69 bits per heavy atom. The fourth-order valence-electron chi connectivity index (χ4n) is 3.50. The average Bonchev–Trinajstić information content (AvgIpc) is 3.09. The molecule has 0 spiro atoms. The van der Waals surface area contributed by atoms with Gasteiger partial charge in [-0.1, -0.05) is 70.8 Å². The van der Waals surface area contributed by atoms with Crippen LogP contribution >= 0.6 is 46.6 Å². The third-order valence-corrected chi connectivity index (χ3v) is 8.95. The van der Waals surface area contributed by atoms with Gasteiger partial charge in [0.05, 0.1) is 39.7 Å². The van der Waals surface area contributed by atoms with Crippen LogP contribution in [0.3, 0.4) is 0 Å². The fraction of sp³-hybridized carbons (Fsp3) is 0.263. The van der Waals surface area contributed by atoms with Crippen molar-refractivity contribution < 1.29 is 13.2 Å². The first kappa shape index (κ1) is 21.0. The van der Waals surface area contributed by atoms with E-state index >= 15 is 0 Å². The van der Waals surface area contributed by atoms with Crippen molar-refractivity contribution >= 4 is 73.2 Å². The van der Waals surface area contributed by atoms with Crippen molar-refractivity contribution in [3.05, 3.63) is 63.1 Å². The lowest BCUT2D eigenvalue weighted by atomic mass is 10.1. The number of thioether (sulfide) groups is 1. The SMILES string of the molecule is O=C(Cc1ccccc1Cl)N=C1SC2CS(=O)(=O)CC2N1c1c(Cl)cccc1Cl. The van der Waals surface area contributed by atoms with Crippen LogP contribution in [0.25, 0.3) is 0 Å². The minimum atomic E-state index is -3.18. The molecule has 2 heterocycles. The number of hydrogen-bond donors (Lipinski definition) is 0. The number of amides is 1. The summed E-state index contributed by atoms with van der Waals surface area (Å²) in [5, 5.41) is 1.40. The Bertz CT molecular complexity index is 1100. The van der Waals surface area contributed by atoms with Gasteiger partial charge in [0.1, 0.15) is 0 Å². The van der Waals surface area contributed by atoms with E-state index in [9.17, 15) is 13.2 Å². The minimum Gasteiger partial charge on any atom is -0.313 e. The lowest BCUT2D eigenvalue weighted by Crippen LogP contribution is -2.38. The smallest absolute Gasteiger partial charge is 0.252 e. The molecule has 2 saturated heterocycles. The number of carbonyl (C=O) groups is 1. The first-order valence-corrected chi connectivity index (χ1v) is 12.5. The van der Waals surface area contributed by atoms with Gasteiger partial charge >= 0.3 is 0 Å². The second-order valence-corrected chi connectivity index (χ2v) is 11.4. The molecule has 0 saturated carbocycles. The molecular weight excluding hydrogens is 475 g/mol. The van der Waals surface area contributed by atoms with Crippen LogP contribution in [0.15, 0.2) is 47.5 Å². The van der Waals surface area contributed by atoms with Crippen LogP contribution in [0.5, 0.6) is 0 Å². The molecule has 10 heteroatoms. The van der Waals surface area contributed by atoms with E-state index in [1.165, 1.54) is 11.8 Å². The number of aliphatic imine (C=N–C) groups is 1. The number of carbonyl (C=O) groups excluding carboxylic acids is 1. The van der Waals surface area contributed by atoms with Crippen molar-refractivity contribution in [1.82, 2.24) is 0 Å². The van der Waals surface area contributed by atoms with Crippen molar-refractivity contribution in [2.24, 2.45) is 4.99 Å². The number of para-hydroxylation sites is 1. The molecule has 0 aromatic heterocycles. The van der Waals surface area contributed by atoms with E-state index in [2.05, 4.69) is 4.99 Å². The van der Waals surface area contributed by atoms with E-state index < -0.39 is 9.84 Å². The highest BCUT2D eigenvalue weighted by Gasteiger charge is 2.50. The van der Waals surface area contributed by atoms with Gasteiger partial charge in [-0.25, -0.2) is 8.42 Å². The molecule has 152 valence electrons. The monoisotopic (exact) mass is 488 g/mol. The summed E-state index contributed by atoms with van der Waals surface area (Å²) < 4.78 is 24.3. The maximum absolute atomic E-state index is 12.6. The largest absolute Gasteiger partial charge is 0.313 e. The lowest BCUT2D eigenvalue weighted by molar-refractivity contribution is -0.117. The molecular formula is C19H15Cl3N2O3S2. The molecule has 0 N–H and O–H groups in total. The van der Waals surface area contributed by atoms with Crippen molar-refractivity contribution in [2.75, 3.05) is 16.4 Å². The maximum Gasteiger partial charge on any atom is 0.252 e. The van der Waals surface area contributed by atoms with E-state index in [0.29, 0.717) is 31.5 Å². The van der Waals surface area contributed by atoms with Crippen LogP contribution < -0.4 is 4.90 Å². The molecule has 5 nitrogen and oxygen atoms in total. The van der Waals surface area contributed by atoms with Crippen LogP contribution in [0, 0.1) is 0 Å². The summed E-state index contributed by atoms with van der Waals surface area (Å²) in [5.74, 6) is -0.389. The van der Waals surface area contributed by atoms with Crippen LogP contribution in [-0.4, -0.2) is 42.3 Å². The van der Waals surface area contributed by atoms with Gasteiger partial charge in [0, 0.05) is 10.3 Å². The number of sulfone groups is 1. The molecule has 2 unspecified atom stereocenters. The summed E-state index contributed by atoms with van der Waals surface area (Å²) in [4.78, 5) is 18.6. The number of rotatable bonds is 3. The van der Waals surface area contributed by atoms with Gasteiger partial charge in [-0.05, 0) is 23.8 Å². The van der Waals surface area contributed by atoms with Crippen molar-refractivity contribution in [1.29, 1.82) is 0 Å². The molecule has 2 atom stereocenters. The number of fused-ring (bicyclic) bond motifs is 1. The quantitative estimate of drug-likeness (QED) is 0.635. The first-order chi connectivity index (χ1) is 13.7. The first-order valence-electron chi connectivity index (χ1n) is 8.70. The Balaban J connectivity index is 1.71. The number of anilines is 1. The normalized spacial score (nSPS) is 24.1. The summed E-state index contributed by atoms with van der Waals surface area (Å²) in [6.07, 6.45) is 0.0431. The van der Waals surface area contributed by atoms with E-state index in [1.54, 1.807) is 47.4 Å². The topological polar surface area (TPSA) is 66.8 Å². The standard InChI is InChI=1S/C19H15Cl3N2O3S2/c20-12-5-2-1-4-11(12)8-17(25)23-19-24(18-13(21)6-3-7-14(18)22)15-9-29(26,27)10-16(15)28-19/h1-7,15-16H,8-10H2. The Morgan fingerprint density at radius 1 is 1.03 bits per heavy atom. The molecule has 2 aliphatic rings. The Labute approximate surface area is 188 Å². The summed E-state index contributed by atoms with van der Waals surface area (Å²) in [7, 11) is -3.18. The van der Waals surface area contributed by atoms with Crippen molar-refractivity contribution in [2.45, 2.75) is 17.7 Å². The van der Waals surface area contributed by atoms with Gasteiger partial charge in [-0.3, -0.25) is 4.79 Å². The van der Waals surface area contributed by atoms with Gasteiger partial charge in [0.25, 0.3) is 5.91 Å². The van der Waals surface area contributed by atoms with E-state index in [-0.39, 0.29) is 35.1 Å². The molecule has 0 aliphatic carbocycles. The third-order valence-electron chi connectivity index (χ3n) is 4.76. The second kappa shape index (κ2) is 8.12. The molecule has 0 bridgehead atoms. The molecule has 2 aromatic carbocycles. The number of hydrogen-bond acceptors (Lipinski definition) is 4. The molecule has 29 heavy (non-hydrogen) atoms. The Hall–Kier alpha value is -1.25. The number of amidine groups is 1. The molecule has 2 aliphatic heterocycles. The Kier molecular flexibility index (Phi) is 5.88. The van der Waals surface area contributed by atoms with E-state index in [0.717, 1.165) is 0 Å². The molecule has 4 rings (SSSR count). The highest BCUT2D eigenvalue weighted by atomic mass is 35.5. The predicted octanol–water partition coefficient (Wildman–Crippen LogP) is 4.49. The van der Waals surface area contributed by atoms with Gasteiger partial charge in [-0.15, -0.1) is 0 Å². The minimum absolute atomic E-state index is 0.0264. The van der Waals surface area contributed by atoms with E-state index in [1.807, 2.05) is 0 Å². The fourth-order valence-corrected chi connectivity index (χ4v) is 8.20. The zero-order chi connectivity index (χ0) is 20.8. The molecule has 2 aromatic rings. The second-order valence-electron chi connectivity index (χ2n) is 6.80. The van der Waals surface area contributed by atoms with Gasteiger partial charge in [0.2, 0.25) is 0 Å². The summed E-state index contributed by atoms with van der Waals surface area (Å²) in [6, 6.07) is 11.8. The lowest BCUT2D eigenvalue weighted by Gasteiger charge is -2.26. The number of benzene rings is 2. The predicted molar refractivity (Wildman–Crippen MR) is 120 cm³/mol.